The van der Waals surface area contributed by atoms with Crippen molar-refractivity contribution >= 4 is 11.4 Å². The zero-order valence-corrected chi connectivity index (χ0v) is 18.1. The van der Waals surface area contributed by atoms with Gasteiger partial charge in [-0.1, -0.05) is 0 Å². The zero-order valence-electron chi connectivity index (χ0n) is 18.1. The van der Waals surface area contributed by atoms with Crippen molar-refractivity contribution in [3.63, 3.8) is 0 Å². The first-order valence-corrected chi connectivity index (χ1v) is 9.60. The molecule has 4 nitrogen and oxygen atoms in total. The lowest BCUT2D eigenvalue weighted by atomic mass is 10.1. The second kappa shape index (κ2) is 9.57. The zero-order chi connectivity index (χ0) is 29.8. The molecule has 0 unspecified atom stereocenters. The Kier molecular flexibility index (Phi) is 7.22. The number of hydrogen-bond donors (Lipinski definition) is 2. The molecule has 0 saturated heterocycles. The lowest BCUT2D eigenvalue weighted by molar-refractivity contribution is -0.142. The molecule has 39 heavy (non-hydrogen) atoms. The van der Waals surface area contributed by atoms with E-state index in [0.29, 0.717) is 0 Å². The Hall–Kier alpha value is -4.12. The van der Waals surface area contributed by atoms with Crippen molar-refractivity contribution in [2.75, 3.05) is 11.5 Å². The quantitative estimate of drug-likeness (QED) is 0.239. The highest BCUT2D eigenvalue weighted by Gasteiger charge is 2.44. The molecule has 0 saturated carbocycles. The number of nitrogen functional groups attached to an aromatic ring is 2. The summed E-state index contributed by atoms with van der Waals surface area (Å²) in [6.45, 7) is 0. The molecule has 0 amide bonds. The highest BCUT2D eigenvalue weighted by molar-refractivity contribution is 5.56. The second-order valence-electron chi connectivity index (χ2n) is 7.41. The highest BCUT2D eigenvalue weighted by Crippen LogP contribution is 2.48. The van der Waals surface area contributed by atoms with E-state index in [4.69, 9.17) is 11.5 Å². The van der Waals surface area contributed by atoms with Gasteiger partial charge in [-0.3, -0.25) is 0 Å². The molecule has 0 spiro atoms. The standard InChI is InChI=1S/C21H8F14N2O2/c22-6-1-5(38-10-3-7(36)15(23)17(25)13(10)20(30,31)32)2-9(12(6)19(27,28)29)39-11-4-8(37)16(24)18(26)14(11)21(33,34)35/h1-4H,36-37H2. The number of nitrogens with two attached hydrogens (primary N) is 2. The van der Waals surface area contributed by atoms with Crippen LogP contribution in [0.15, 0.2) is 24.3 Å². The Morgan fingerprint density at radius 1 is 0.462 bits per heavy atom. The maximum atomic E-state index is 14.5. The van der Waals surface area contributed by atoms with Crippen molar-refractivity contribution in [2.24, 2.45) is 0 Å². The third-order valence-corrected chi connectivity index (χ3v) is 4.72. The summed E-state index contributed by atoms with van der Waals surface area (Å²) in [5.41, 5.74) is -0.177. The molecule has 0 radical (unpaired) electrons. The average Bonchev–Trinajstić information content (AvgIpc) is 2.72. The molecule has 3 rings (SSSR count). The number of hydrogen-bond acceptors (Lipinski definition) is 4. The second-order valence-corrected chi connectivity index (χ2v) is 7.41. The van der Waals surface area contributed by atoms with E-state index < -0.39 is 98.7 Å². The van der Waals surface area contributed by atoms with E-state index in [1.165, 1.54) is 0 Å². The van der Waals surface area contributed by atoms with Crippen LogP contribution in [0.5, 0.6) is 23.0 Å². The first-order valence-electron chi connectivity index (χ1n) is 9.60. The molecular formula is C21H8F14N2O2. The third-order valence-electron chi connectivity index (χ3n) is 4.72. The van der Waals surface area contributed by atoms with E-state index >= 15 is 0 Å². The number of ether oxygens (including phenoxy) is 2. The molecule has 0 fully saturated rings. The molecule has 0 aliphatic carbocycles. The van der Waals surface area contributed by atoms with Gasteiger partial charge in [-0.05, 0) is 0 Å². The SMILES string of the molecule is Nc1cc(Oc2cc(F)c(C(F)(F)F)c(Oc3cc(N)c(F)c(F)c3C(F)(F)F)c2)c(C(F)(F)F)c(F)c1F. The van der Waals surface area contributed by atoms with Gasteiger partial charge in [0.25, 0.3) is 0 Å². The number of anilines is 2. The van der Waals surface area contributed by atoms with Crippen LogP contribution in [0.25, 0.3) is 0 Å². The van der Waals surface area contributed by atoms with Gasteiger partial charge >= 0.3 is 18.5 Å². The van der Waals surface area contributed by atoms with Crippen molar-refractivity contribution in [2.45, 2.75) is 18.5 Å². The van der Waals surface area contributed by atoms with Gasteiger partial charge in [0.1, 0.15) is 45.5 Å². The molecule has 18 heteroatoms. The normalized spacial score (nSPS) is 12.6. The lowest BCUT2D eigenvalue weighted by Crippen LogP contribution is -2.15. The smallest absolute Gasteiger partial charge is 0.422 e. The van der Waals surface area contributed by atoms with Crippen LogP contribution >= 0.6 is 0 Å². The van der Waals surface area contributed by atoms with Gasteiger partial charge in [-0.15, -0.1) is 0 Å². The largest absolute Gasteiger partial charge is 0.456 e. The van der Waals surface area contributed by atoms with Crippen molar-refractivity contribution in [1.29, 1.82) is 0 Å². The Morgan fingerprint density at radius 3 is 1.21 bits per heavy atom. The molecule has 3 aromatic carbocycles. The summed E-state index contributed by atoms with van der Waals surface area (Å²) in [7, 11) is 0. The summed E-state index contributed by atoms with van der Waals surface area (Å²) in [5, 5.41) is 0. The van der Waals surface area contributed by atoms with Crippen LogP contribution in [-0.2, 0) is 18.5 Å². The minimum absolute atomic E-state index is 0.0369. The predicted molar refractivity (Wildman–Crippen MR) is 103 cm³/mol. The molecule has 0 bridgehead atoms. The molecule has 4 N–H and O–H groups in total. The van der Waals surface area contributed by atoms with Gasteiger partial charge in [-0.2, -0.15) is 39.5 Å². The van der Waals surface area contributed by atoms with Crippen LogP contribution in [0.4, 0.5) is 72.8 Å². The number of alkyl halides is 9. The van der Waals surface area contributed by atoms with Gasteiger partial charge in [-0.25, -0.2) is 22.0 Å². The summed E-state index contributed by atoms with van der Waals surface area (Å²) in [6, 6.07) is -0.390. The fourth-order valence-corrected chi connectivity index (χ4v) is 3.15. The molecule has 0 aliphatic heterocycles. The number of halogens is 14. The van der Waals surface area contributed by atoms with Crippen LogP contribution in [-0.4, -0.2) is 0 Å². The van der Waals surface area contributed by atoms with E-state index in [1.54, 1.807) is 0 Å². The van der Waals surface area contributed by atoms with E-state index in [-0.39, 0.29) is 24.3 Å². The fourth-order valence-electron chi connectivity index (χ4n) is 3.15. The Morgan fingerprint density at radius 2 is 0.821 bits per heavy atom. The summed E-state index contributed by atoms with van der Waals surface area (Å²) < 4.78 is 199. The molecule has 0 aromatic heterocycles. The van der Waals surface area contributed by atoms with Gasteiger partial charge < -0.3 is 20.9 Å². The Labute approximate surface area is 206 Å². The monoisotopic (exact) mass is 586 g/mol. The van der Waals surface area contributed by atoms with Crippen LogP contribution in [0.2, 0.25) is 0 Å². The average molecular weight is 586 g/mol. The van der Waals surface area contributed by atoms with Crippen molar-refractivity contribution in [3.05, 3.63) is 70.0 Å². The highest BCUT2D eigenvalue weighted by atomic mass is 19.4. The minimum atomic E-state index is -5.82. The van der Waals surface area contributed by atoms with Crippen LogP contribution in [0.3, 0.4) is 0 Å². The van der Waals surface area contributed by atoms with Gasteiger partial charge in [0, 0.05) is 24.3 Å². The van der Waals surface area contributed by atoms with Gasteiger partial charge in [0.05, 0.1) is 11.4 Å². The first-order chi connectivity index (χ1) is 17.6. The summed E-state index contributed by atoms with van der Waals surface area (Å²) in [5.74, 6) is -19.1. The first kappa shape index (κ1) is 29.4. The topological polar surface area (TPSA) is 70.5 Å². The van der Waals surface area contributed by atoms with E-state index in [0.717, 1.165) is 0 Å². The van der Waals surface area contributed by atoms with E-state index in [1.807, 2.05) is 0 Å². The van der Waals surface area contributed by atoms with Gasteiger partial charge in [0.2, 0.25) is 0 Å². The van der Waals surface area contributed by atoms with Crippen LogP contribution in [0, 0.1) is 29.1 Å². The van der Waals surface area contributed by atoms with Crippen molar-refractivity contribution in [3.8, 4) is 23.0 Å². The number of rotatable bonds is 4. The van der Waals surface area contributed by atoms with Crippen molar-refractivity contribution < 1.29 is 70.9 Å². The third kappa shape index (κ3) is 5.68. The maximum Gasteiger partial charge on any atom is 0.422 e. The molecule has 212 valence electrons. The van der Waals surface area contributed by atoms with Crippen molar-refractivity contribution in [1.82, 2.24) is 0 Å². The minimum Gasteiger partial charge on any atom is -0.456 e. The van der Waals surface area contributed by atoms with E-state index in [2.05, 4.69) is 9.47 Å². The molecular weight excluding hydrogens is 578 g/mol. The molecule has 0 atom stereocenters. The van der Waals surface area contributed by atoms with Crippen LogP contribution in [0.1, 0.15) is 16.7 Å². The summed E-state index contributed by atoms with van der Waals surface area (Å²) >= 11 is 0. The lowest BCUT2D eigenvalue weighted by Gasteiger charge is -2.20. The fraction of sp³-hybridized carbons (Fsp3) is 0.143. The Balaban J connectivity index is 2.27. The van der Waals surface area contributed by atoms with Crippen LogP contribution < -0.4 is 20.9 Å². The molecule has 0 heterocycles. The Bertz CT molecular complexity index is 1450. The summed E-state index contributed by atoms with van der Waals surface area (Å²) in [6.07, 6.45) is -17.3. The molecule has 0 aliphatic rings. The van der Waals surface area contributed by atoms with E-state index in [9.17, 15) is 61.5 Å². The molecule has 3 aromatic rings. The number of benzene rings is 3. The maximum absolute atomic E-state index is 14.5. The van der Waals surface area contributed by atoms with Gasteiger partial charge in [0.15, 0.2) is 23.3 Å². The summed E-state index contributed by atoms with van der Waals surface area (Å²) in [4.78, 5) is 0. The predicted octanol–water partition coefficient (Wildman–Crippen LogP) is 8.19.